The lowest BCUT2D eigenvalue weighted by atomic mass is 10.3. The molecule has 1 rings (SSSR count). The summed E-state index contributed by atoms with van der Waals surface area (Å²) in [6, 6.07) is 3.45. The normalized spacial score (nSPS) is 10.2. The molecular weight excluding hydrogens is 211 g/mol. The molecule has 0 spiro atoms. The minimum absolute atomic E-state index is 0.265. The van der Waals surface area contributed by atoms with Crippen LogP contribution in [-0.4, -0.2) is 19.4 Å². The first-order chi connectivity index (χ1) is 7.04. The molecule has 0 bridgehead atoms. The molecule has 0 atom stereocenters. The summed E-state index contributed by atoms with van der Waals surface area (Å²) < 4.78 is 41.5. The highest BCUT2D eigenvalue weighted by atomic mass is 19.3. The molecule has 0 aliphatic rings. The van der Waals surface area contributed by atoms with Crippen molar-refractivity contribution in [2.24, 2.45) is 0 Å². The van der Waals surface area contributed by atoms with E-state index in [0.29, 0.717) is 0 Å². The number of carbonyl (C=O) groups excluding carboxylic acids is 1. The van der Waals surface area contributed by atoms with Gasteiger partial charge in [-0.25, -0.2) is 4.39 Å². The maximum absolute atomic E-state index is 13.0. The topological polar surface area (TPSA) is 38.3 Å². The van der Waals surface area contributed by atoms with E-state index >= 15 is 0 Å². The number of alkyl halides is 2. The van der Waals surface area contributed by atoms with Gasteiger partial charge in [-0.05, 0) is 12.1 Å². The van der Waals surface area contributed by atoms with Crippen molar-refractivity contribution >= 4 is 11.6 Å². The van der Waals surface area contributed by atoms with E-state index < -0.39 is 18.1 Å². The third kappa shape index (κ3) is 2.87. The predicted molar refractivity (Wildman–Crippen MR) is 47.6 cm³/mol. The first kappa shape index (κ1) is 11.4. The van der Waals surface area contributed by atoms with Gasteiger partial charge in [-0.15, -0.1) is 0 Å². The largest absolute Gasteiger partial charge is 0.497 e. The summed E-state index contributed by atoms with van der Waals surface area (Å²) in [5, 5.41) is 1.74. The fourth-order valence-electron chi connectivity index (χ4n) is 0.914. The average molecular weight is 219 g/mol. The van der Waals surface area contributed by atoms with Crippen molar-refractivity contribution in [3.8, 4) is 5.75 Å². The maximum Gasteiger partial charge on any atom is 0.315 e. The number of halogens is 3. The third-order valence-corrected chi connectivity index (χ3v) is 1.63. The molecule has 15 heavy (non-hydrogen) atoms. The van der Waals surface area contributed by atoms with E-state index in [1.165, 1.54) is 13.2 Å². The molecule has 0 radical (unpaired) electrons. The second-order valence-corrected chi connectivity index (χ2v) is 2.64. The van der Waals surface area contributed by atoms with Gasteiger partial charge in [0.25, 0.3) is 5.91 Å². The molecule has 0 saturated carbocycles. The van der Waals surface area contributed by atoms with Crippen LogP contribution < -0.4 is 10.1 Å². The molecule has 0 saturated heterocycles. The molecular formula is C9H8F3NO2. The lowest BCUT2D eigenvalue weighted by Crippen LogP contribution is -2.20. The van der Waals surface area contributed by atoms with Crippen molar-refractivity contribution in [1.82, 2.24) is 0 Å². The van der Waals surface area contributed by atoms with Crippen molar-refractivity contribution < 1.29 is 22.7 Å². The summed E-state index contributed by atoms with van der Waals surface area (Å²) in [4.78, 5) is 10.6. The van der Waals surface area contributed by atoms with E-state index in [0.717, 1.165) is 12.1 Å². The number of methoxy groups -OCH3 is 1. The van der Waals surface area contributed by atoms with Crippen LogP contribution in [0.15, 0.2) is 18.2 Å². The van der Waals surface area contributed by atoms with E-state index in [4.69, 9.17) is 4.74 Å². The second kappa shape index (κ2) is 4.68. The molecule has 0 unspecified atom stereocenters. The Bertz CT molecular complexity index is 368. The summed E-state index contributed by atoms with van der Waals surface area (Å²) in [6.45, 7) is 0. The lowest BCUT2D eigenvalue weighted by molar-refractivity contribution is -0.126. The Morgan fingerprint density at radius 1 is 1.47 bits per heavy atom. The van der Waals surface area contributed by atoms with Gasteiger partial charge in [-0.1, -0.05) is 0 Å². The Kier molecular flexibility index (Phi) is 3.54. The molecule has 0 aliphatic heterocycles. The van der Waals surface area contributed by atoms with Crippen molar-refractivity contribution in [2.45, 2.75) is 6.43 Å². The fraction of sp³-hybridized carbons (Fsp3) is 0.222. The minimum atomic E-state index is -3.18. The second-order valence-electron chi connectivity index (χ2n) is 2.64. The number of anilines is 1. The van der Waals surface area contributed by atoms with E-state index in [1.54, 1.807) is 5.32 Å². The standard InChI is InChI=1S/C9H8F3NO2/c1-15-5-2-3-6(10)7(4-5)13-9(14)8(11)12/h2-4,8H,1H3,(H,13,14). The van der Waals surface area contributed by atoms with Crippen LogP contribution in [0, 0.1) is 5.82 Å². The first-order valence-electron chi connectivity index (χ1n) is 3.97. The Hall–Kier alpha value is -1.72. The molecule has 82 valence electrons. The number of hydrogen-bond acceptors (Lipinski definition) is 2. The molecule has 0 heterocycles. The number of nitrogens with one attached hydrogen (secondary N) is 1. The van der Waals surface area contributed by atoms with Gasteiger partial charge in [0.15, 0.2) is 0 Å². The molecule has 1 N–H and O–H groups in total. The van der Waals surface area contributed by atoms with Crippen LogP contribution in [0.2, 0.25) is 0 Å². The summed E-state index contributed by atoms with van der Waals surface area (Å²) in [6.07, 6.45) is -3.18. The van der Waals surface area contributed by atoms with Gasteiger partial charge in [0.05, 0.1) is 12.8 Å². The highest BCUT2D eigenvalue weighted by Gasteiger charge is 2.17. The quantitative estimate of drug-likeness (QED) is 0.844. The Morgan fingerprint density at radius 2 is 2.13 bits per heavy atom. The highest BCUT2D eigenvalue weighted by Crippen LogP contribution is 2.21. The number of carbonyl (C=O) groups is 1. The van der Waals surface area contributed by atoms with Crippen LogP contribution in [0.4, 0.5) is 18.9 Å². The van der Waals surface area contributed by atoms with E-state index in [9.17, 15) is 18.0 Å². The maximum atomic E-state index is 13.0. The van der Waals surface area contributed by atoms with Gasteiger partial charge in [0.2, 0.25) is 0 Å². The van der Waals surface area contributed by atoms with E-state index in [2.05, 4.69) is 0 Å². The third-order valence-electron chi connectivity index (χ3n) is 1.63. The van der Waals surface area contributed by atoms with E-state index in [-0.39, 0.29) is 11.4 Å². The zero-order chi connectivity index (χ0) is 11.4. The number of benzene rings is 1. The highest BCUT2D eigenvalue weighted by molar-refractivity contribution is 5.93. The lowest BCUT2D eigenvalue weighted by Gasteiger charge is -2.07. The monoisotopic (exact) mass is 219 g/mol. The predicted octanol–water partition coefficient (Wildman–Crippen LogP) is 2.04. The summed E-state index contributed by atoms with van der Waals surface area (Å²) >= 11 is 0. The number of rotatable bonds is 3. The summed E-state index contributed by atoms with van der Waals surface area (Å²) in [5.41, 5.74) is -0.334. The smallest absolute Gasteiger partial charge is 0.315 e. The van der Waals surface area contributed by atoms with Gasteiger partial charge in [-0.3, -0.25) is 4.79 Å². The SMILES string of the molecule is COc1ccc(F)c(NC(=O)C(F)F)c1. The average Bonchev–Trinajstić information content (AvgIpc) is 2.21. The summed E-state index contributed by atoms with van der Waals surface area (Å²) in [5.74, 6) is -2.09. The van der Waals surface area contributed by atoms with Crippen molar-refractivity contribution in [3.63, 3.8) is 0 Å². The molecule has 0 fully saturated rings. The molecule has 1 aromatic rings. The van der Waals surface area contributed by atoms with Crippen LogP contribution >= 0.6 is 0 Å². The van der Waals surface area contributed by atoms with Gasteiger partial charge in [-0.2, -0.15) is 8.78 Å². The zero-order valence-corrected chi connectivity index (χ0v) is 7.76. The van der Waals surface area contributed by atoms with Crippen LogP contribution in [0.1, 0.15) is 0 Å². The minimum Gasteiger partial charge on any atom is -0.497 e. The van der Waals surface area contributed by atoms with Crippen molar-refractivity contribution in [3.05, 3.63) is 24.0 Å². The Labute approximate surface area is 83.8 Å². The molecule has 0 aromatic heterocycles. The summed E-state index contributed by atoms with van der Waals surface area (Å²) in [7, 11) is 1.34. The molecule has 1 amide bonds. The fourth-order valence-corrected chi connectivity index (χ4v) is 0.914. The molecule has 1 aromatic carbocycles. The van der Waals surface area contributed by atoms with Crippen LogP contribution in [0.25, 0.3) is 0 Å². The number of amides is 1. The first-order valence-corrected chi connectivity index (χ1v) is 3.97. The Morgan fingerprint density at radius 3 is 2.67 bits per heavy atom. The molecule has 6 heteroatoms. The molecule has 0 aliphatic carbocycles. The van der Waals surface area contributed by atoms with Crippen molar-refractivity contribution in [1.29, 1.82) is 0 Å². The van der Waals surface area contributed by atoms with Crippen LogP contribution in [-0.2, 0) is 4.79 Å². The number of hydrogen-bond donors (Lipinski definition) is 1. The van der Waals surface area contributed by atoms with Crippen LogP contribution in [0.5, 0.6) is 5.75 Å². The van der Waals surface area contributed by atoms with Gasteiger partial charge < -0.3 is 10.1 Å². The Balaban J connectivity index is 2.88. The van der Waals surface area contributed by atoms with Gasteiger partial charge >= 0.3 is 6.43 Å². The van der Waals surface area contributed by atoms with E-state index in [1.807, 2.05) is 0 Å². The zero-order valence-electron chi connectivity index (χ0n) is 7.76. The van der Waals surface area contributed by atoms with Crippen LogP contribution in [0.3, 0.4) is 0 Å². The van der Waals surface area contributed by atoms with Gasteiger partial charge in [0.1, 0.15) is 11.6 Å². The number of ether oxygens (including phenoxy) is 1. The van der Waals surface area contributed by atoms with Gasteiger partial charge in [0, 0.05) is 6.07 Å². The van der Waals surface area contributed by atoms with Crippen molar-refractivity contribution in [2.75, 3.05) is 12.4 Å². The molecule has 3 nitrogen and oxygen atoms in total.